The van der Waals surface area contributed by atoms with E-state index in [0.717, 1.165) is 0 Å². The van der Waals surface area contributed by atoms with E-state index in [9.17, 15) is 14.4 Å². The summed E-state index contributed by atoms with van der Waals surface area (Å²) in [5.41, 5.74) is -0.835. The van der Waals surface area contributed by atoms with Gasteiger partial charge in [0, 0.05) is 32.6 Å². The van der Waals surface area contributed by atoms with Gasteiger partial charge in [-0.1, -0.05) is 0 Å². The Kier molecular flexibility index (Phi) is 3.52. The summed E-state index contributed by atoms with van der Waals surface area (Å²) in [4.78, 5) is 39.4. The molecule has 6 nitrogen and oxygen atoms in total. The molecule has 0 radical (unpaired) electrons. The first-order valence-electron chi connectivity index (χ1n) is 6.75. The molecule has 19 heavy (non-hydrogen) atoms. The Morgan fingerprint density at radius 2 is 2.11 bits per heavy atom. The van der Waals surface area contributed by atoms with Gasteiger partial charge in [0.15, 0.2) is 0 Å². The third-order valence-corrected chi connectivity index (χ3v) is 4.06. The van der Waals surface area contributed by atoms with Gasteiger partial charge in [-0.2, -0.15) is 0 Å². The predicted octanol–water partition coefficient (Wildman–Crippen LogP) is -0.408. The molecule has 1 unspecified atom stereocenters. The van der Waals surface area contributed by atoms with E-state index in [2.05, 4.69) is 5.32 Å². The van der Waals surface area contributed by atoms with Crippen LogP contribution in [0.3, 0.4) is 0 Å². The molecular weight excluding hydrogens is 246 g/mol. The summed E-state index contributed by atoms with van der Waals surface area (Å²) in [6.45, 7) is 7.49. The lowest BCUT2D eigenvalue weighted by molar-refractivity contribution is -0.151. The molecule has 2 heterocycles. The van der Waals surface area contributed by atoms with Crippen LogP contribution in [0.5, 0.6) is 0 Å². The SMILES string of the molecule is CCN1CC(C(=O)N2CCNC(=O)C2(C)C)CC1=O. The Morgan fingerprint density at radius 1 is 1.42 bits per heavy atom. The van der Waals surface area contributed by atoms with Crippen LogP contribution in [0, 0.1) is 5.92 Å². The van der Waals surface area contributed by atoms with Gasteiger partial charge in [-0.05, 0) is 20.8 Å². The average Bonchev–Trinajstić information content (AvgIpc) is 2.73. The number of hydrogen-bond acceptors (Lipinski definition) is 3. The third kappa shape index (κ3) is 2.31. The number of carbonyl (C=O) groups excluding carboxylic acids is 3. The van der Waals surface area contributed by atoms with Crippen molar-refractivity contribution in [2.24, 2.45) is 5.92 Å². The van der Waals surface area contributed by atoms with Gasteiger partial charge < -0.3 is 15.1 Å². The summed E-state index contributed by atoms with van der Waals surface area (Å²) in [5, 5.41) is 2.77. The van der Waals surface area contributed by atoms with Crippen molar-refractivity contribution >= 4 is 17.7 Å². The fraction of sp³-hybridized carbons (Fsp3) is 0.769. The van der Waals surface area contributed by atoms with Crippen molar-refractivity contribution in [1.82, 2.24) is 15.1 Å². The Balaban J connectivity index is 2.12. The first-order chi connectivity index (χ1) is 8.87. The summed E-state index contributed by atoms with van der Waals surface area (Å²) in [7, 11) is 0. The molecule has 0 aliphatic carbocycles. The number of nitrogens with one attached hydrogen (secondary N) is 1. The highest BCUT2D eigenvalue weighted by Gasteiger charge is 2.44. The molecule has 2 aliphatic heterocycles. The minimum absolute atomic E-state index is 0.0279. The summed E-state index contributed by atoms with van der Waals surface area (Å²) < 4.78 is 0. The Bertz CT molecular complexity index is 419. The molecule has 3 amide bonds. The number of rotatable bonds is 2. The predicted molar refractivity (Wildman–Crippen MR) is 69.2 cm³/mol. The highest BCUT2D eigenvalue weighted by Crippen LogP contribution is 2.25. The molecule has 6 heteroatoms. The molecule has 2 fully saturated rings. The largest absolute Gasteiger partial charge is 0.352 e. The minimum atomic E-state index is -0.835. The fourth-order valence-corrected chi connectivity index (χ4v) is 2.75. The molecule has 0 bridgehead atoms. The van der Waals surface area contributed by atoms with E-state index in [1.807, 2.05) is 6.92 Å². The third-order valence-electron chi connectivity index (χ3n) is 4.06. The molecule has 0 aromatic carbocycles. The van der Waals surface area contributed by atoms with Crippen molar-refractivity contribution in [2.45, 2.75) is 32.7 Å². The topological polar surface area (TPSA) is 69.7 Å². The number of piperazine rings is 1. The van der Waals surface area contributed by atoms with Gasteiger partial charge in [0.1, 0.15) is 5.54 Å². The zero-order valence-corrected chi connectivity index (χ0v) is 11.7. The number of amides is 3. The molecule has 2 rings (SSSR count). The van der Waals surface area contributed by atoms with Gasteiger partial charge in [0.2, 0.25) is 17.7 Å². The minimum Gasteiger partial charge on any atom is -0.352 e. The van der Waals surface area contributed by atoms with Crippen LogP contribution in [0.4, 0.5) is 0 Å². The number of hydrogen-bond donors (Lipinski definition) is 1. The van der Waals surface area contributed by atoms with Crippen LogP contribution in [0.25, 0.3) is 0 Å². The van der Waals surface area contributed by atoms with E-state index < -0.39 is 5.54 Å². The second kappa shape index (κ2) is 4.83. The van der Waals surface area contributed by atoms with E-state index >= 15 is 0 Å². The Labute approximate surface area is 113 Å². The van der Waals surface area contributed by atoms with E-state index in [4.69, 9.17) is 0 Å². The first-order valence-corrected chi connectivity index (χ1v) is 6.75. The Morgan fingerprint density at radius 3 is 2.68 bits per heavy atom. The summed E-state index contributed by atoms with van der Waals surface area (Å²) >= 11 is 0. The molecule has 2 saturated heterocycles. The second-order valence-electron chi connectivity index (χ2n) is 5.64. The van der Waals surface area contributed by atoms with Crippen LogP contribution in [-0.4, -0.2) is 59.2 Å². The normalized spacial score (nSPS) is 26.6. The number of nitrogens with zero attached hydrogens (tertiary/aromatic N) is 2. The molecule has 2 aliphatic rings. The highest BCUT2D eigenvalue weighted by molar-refractivity contribution is 5.95. The van der Waals surface area contributed by atoms with Gasteiger partial charge in [0.25, 0.3) is 0 Å². The maximum atomic E-state index is 12.5. The molecule has 1 atom stereocenters. The van der Waals surface area contributed by atoms with Crippen LogP contribution in [0.2, 0.25) is 0 Å². The molecule has 0 saturated carbocycles. The highest BCUT2D eigenvalue weighted by atomic mass is 16.2. The van der Waals surface area contributed by atoms with Crippen LogP contribution in [0.15, 0.2) is 0 Å². The zero-order valence-electron chi connectivity index (χ0n) is 11.7. The van der Waals surface area contributed by atoms with Crippen LogP contribution < -0.4 is 5.32 Å². The van der Waals surface area contributed by atoms with Crippen molar-refractivity contribution in [2.75, 3.05) is 26.2 Å². The van der Waals surface area contributed by atoms with E-state index in [0.29, 0.717) is 26.2 Å². The summed E-state index contributed by atoms with van der Waals surface area (Å²) in [6, 6.07) is 0. The van der Waals surface area contributed by atoms with Crippen molar-refractivity contribution in [1.29, 1.82) is 0 Å². The molecule has 106 valence electrons. The molecule has 0 aromatic heterocycles. The summed E-state index contributed by atoms with van der Waals surface area (Å²) in [5.74, 6) is -0.495. The van der Waals surface area contributed by atoms with Crippen molar-refractivity contribution in [3.63, 3.8) is 0 Å². The molecule has 1 N–H and O–H groups in total. The number of carbonyl (C=O) groups is 3. The molecular formula is C13H21N3O3. The van der Waals surface area contributed by atoms with Crippen LogP contribution in [-0.2, 0) is 14.4 Å². The summed E-state index contributed by atoms with van der Waals surface area (Å²) in [6.07, 6.45) is 0.265. The number of likely N-dealkylation sites (tertiary alicyclic amines) is 1. The van der Waals surface area contributed by atoms with E-state index in [-0.39, 0.29) is 30.1 Å². The van der Waals surface area contributed by atoms with Gasteiger partial charge in [-0.15, -0.1) is 0 Å². The van der Waals surface area contributed by atoms with E-state index in [1.165, 1.54) is 0 Å². The average molecular weight is 267 g/mol. The Hall–Kier alpha value is -1.59. The van der Waals surface area contributed by atoms with Gasteiger partial charge >= 0.3 is 0 Å². The van der Waals surface area contributed by atoms with Crippen LogP contribution in [0.1, 0.15) is 27.2 Å². The maximum absolute atomic E-state index is 12.5. The second-order valence-corrected chi connectivity index (χ2v) is 5.64. The van der Waals surface area contributed by atoms with Crippen molar-refractivity contribution < 1.29 is 14.4 Å². The monoisotopic (exact) mass is 267 g/mol. The standard InChI is InChI=1S/C13H21N3O3/c1-4-15-8-9(7-10(15)17)11(18)16-6-5-14-12(19)13(16,2)3/h9H,4-8H2,1-3H3,(H,14,19). The maximum Gasteiger partial charge on any atom is 0.245 e. The van der Waals surface area contributed by atoms with Crippen molar-refractivity contribution in [3.8, 4) is 0 Å². The lowest BCUT2D eigenvalue weighted by Crippen LogP contribution is -2.64. The van der Waals surface area contributed by atoms with Crippen molar-refractivity contribution in [3.05, 3.63) is 0 Å². The van der Waals surface area contributed by atoms with Gasteiger partial charge in [0.05, 0.1) is 5.92 Å². The zero-order chi connectivity index (χ0) is 14.2. The lowest BCUT2D eigenvalue weighted by Gasteiger charge is -2.42. The lowest BCUT2D eigenvalue weighted by atomic mass is 9.95. The fourth-order valence-electron chi connectivity index (χ4n) is 2.75. The quantitative estimate of drug-likeness (QED) is 0.739. The first kappa shape index (κ1) is 13.8. The molecule has 0 aromatic rings. The molecule has 0 spiro atoms. The van der Waals surface area contributed by atoms with Crippen LogP contribution >= 0.6 is 0 Å². The van der Waals surface area contributed by atoms with E-state index in [1.54, 1.807) is 23.6 Å². The smallest absolute Gasteiger partial charge is 0.245 e. The van der Waals surface area contributed by atoms with Gasteiger partial charge in [-0.3, -0.25) is 14.4 Å². The van der Waals surface area contributed by atoms with Gasteiger partial charge in [-0.25, -0.2) is 0 Å².